The molecule has 0 bridgehead atoms. The number of hydrogen-bond donors (Lipinski definition) is 2. The highest BCUT2D eigenvalue weighted by Gasteiger charge is 2.07. The summed E-state index contributed by atoms with van der Waals surface area (Å²) in [4.78, 5) is 22.9. The molecule has 0 heterocycles. The van der Waals surface area contributed by atoms with Gasteiger partial charge in [-0.25, -0.2) is 0 Å². The van der Waals surface area contributed by atoms with Gasteiger partial charge in [-0.15, -0.1) is 0 Å². The molecule has 6 heteroatoms. The minimum atomic E-state index is -0.907. The molecule has 0 radical (unpaired) electrons. The molecule has 132 valence electrons. The Balaban J connectivity index is 1.96. The van der Waals surface area contributed by atoms with E-state index in [-0.39, 0.29) is 12.3 Å². The van der Waals surface area contributed by atoms with Gasteiger partial charge in [-0.3, -0.25) is 9.59 Å². The summed E-state index contributed by atoms with van der Waals surface area (Å²) in [6.45, 7) is 0. The monoisotopic (exact) mass is 343 g/mol. The topological polar surface area (TPSA) is 84.9 Å². The zero-order chi connectivity index (χ0) is 18.2. The molecule has 2 aromatic carbocycles. The van der Waals surface area contributed by atoms with Gasteiger partial charge in [-0.2, -0.15) is 0 Å². The lowest BCUT2D eigenvalue weighted by Crippen LogP contribution is -2.12. The van der Waals surface area contributed by atoms with Crippen LogP contribution >= 0.6 is 0 Å². The number of carbonyl (C=O) groups excluding carboxylic acids is 1. The van der Waals surface area contributed by atoms with Crippen molar-refractivity contribution >= 4 is 17.6 Å². The Morgan fingerprint density at radius 2 is 1.68 bits per heavy atom. The first-order valence-corrected chi connectivity index (χ1v) is 7.82. The molecule has 0 unspecified atom stereocenters. The molecule has 2 N–H and O–H groups in total. The maximum Gasteiger partial charge on any atom is 0.307 e. The number of aliphatic carboxylic acids is 1. The number of aryl methyl sites for hydroxylation is 1. The van der Waals surface area contributed by atoms with Gasteiger partial charge in [0.05, 0.1) is 20.6 Å². The van der Waals surface area contributed by atoms with Crippen molar-refractivity contribution in [3.05, 3.63) is 53.6 Å². The number of ether oxygens (including phenoxy) is 2. The SMILES string of the molecule is COc1cc(CCC(=O)Nc2cccc(CC(=O)O)c2)cc(OC)c1. The lowest BCUT2D eigenvalue weighted by atomic mass is 10.1. The predicted molar refractivity (Wildman–Crippen MR) is 94.3 cm³/mol. The van der Waals surface area contributed by atoms with Crippen LogP contribution in [0.25, 0.3) is 0 Å². The Bertz CT molecular complexity index is 735. The van der Waals surface area contributed by atoms with Crippen molar-refractivity contribution < 1.29 is 24.2 Å². The molecule has 2 aromatic rings. The summed E-state index contributed by atoms with van der Waals surface area (Å²) in [6, 6.07) is 12.3. The number of anilines is 1. The highest BCUT2D eigenvalue weighted by atomic mass is 16.5. The summed E-state index contributed by atoms with van der Waals surface area (Å²) < 4.78 is 10.4. The third-order valence-electron chi connectivity index (χ3n) is 3.62. The molecule has 0 aliphatic carbocycles. The third kappa shape index (κ3) is 5.84. The van der Waals surface area contributed by atoms with Crippen LogP contribution in [0.1, 0.15) is 17.5 Å². The van der Waals surface area contributed by atoms with E-state index < -0.39 is 5.97 Å². The van der Waals surface area contributed by atoms with Gasteiger partial charge in [-0.05, 0) is 41.8 Å². The van der Waals surface area contributed by atoms with E-state index in [2.05, 4.69) is 5.32 Å². The van der Waals surface area contributed by atoms with Gasteiger partial charge in [0.25, 0.3) is 0 Å². The summed E-state index contributed by atoms with van der Waals surface area (Å²) in [5, 5.41) is 11.6. The zero-order valence-corrected chi connectivity index (χ0v) is 14.2. The van der Waals surface area contributed by atoms with Crippen LogP contribution in [0.3, 0.4) is 0 Å². The quantitative estimate of drug-likeness (QED) is 0.770. The van der Waals surface area contributed by atoms with Crippen molar-refractivity contribution in [2.75, 3.05) is 19.5 Å². The maximum absolute atomic E-state index is 12.1. The molecular formula is C19H21NO5. The second-order valence-electron chi connectivity index (χ2n) is 5.54. The third-order valence-corrected chi connectivity index (χ3v) is 3.62. The van der Waals surface area contributed by atoms with Crippen molar-refractivity contribution in [1.82, 2.24) is 0 Å². The molecule has 0 spiro atoms. The molecular weight excluding hydrogens is 322 g/mol. The number of methoxy groups -OCH3 is 2. The fraction of sp³-hybridized carbons (Fsp3) is 0.263. The molecule has 0 aliphatic rings. The van der Waals surface area contributed by atoms with E-state index in [0.717, 1.165) is 5.56 Å². The number of carboxylic acid groups (broad SMARTS) is 1. The molecule has 6 nitrogen and oxygen atoms in total. The van der Waals surface area contributed by atoms with E-state index in [0.29, 0.717) is 35.6 Å². The van der Waals surface area contributed by atoms with Crippen molar-refractivity contribution in [1.29, 1.82) is 0 Å². The smallest absolute Gasteiger partial charge is 0.307 e. The van der Waals surface area contributed by atoms with Crippen LogP contribution in [0.15, 0.2) is 42.5 Å². The summed E-state index contributed by atoms with van der Waals surface area (Å²) >= 11 is 0. The molecule has 1 amide bonds. The second-order valence-corrected chi connectivity index (χ2v) is 5.54. The van der Waals surface area contributed by atoms with Gasteiger partial charge >= 0.3 is 5.97 Å². The van der Waals surface area contributed by atoms with E-state index in [9.17, 15) is 9.59 Å². The summed E-state index contributed by atoms with van der Waals surface area (Å²) in [5.74, 6) is 0.303. The fourth-order valence-corrected chi connectivity index (χ4v) is 2.43. The highest BCUT2D eigenvalue weighted by molar-refractivity contribution is 5.91. The Morgan fingerprint density at radius 1 is 1.00 bits per heavy atom. The Hall–Kier alpha value is -3.02. The van der Waals surface area contributed by atoms with Gasteiger partial charge in [0.1, 0.15) is 11.5 Å². The van der Waals surface area contributed by atoms with Gasteiger partial charge in [-0.1, -0.05) is 12.1 Å². The van der Waals surface area contributed by atoms with E-state index in [4.69, 9.17) is 14.6 Å². The van der Waals surface area contributed by atoms with Gasteiger partial charge < -0.3 is 19.9 Å². The second kappa shape index (κ2) is 8.73. The molecule has 2 rings (SSSR count). The number of hydrogen-bond acceptors (Lipinski definition) is 4. The Kier molecular flexibility index (Phi) is 6.39. The number of carbonyl (C=O) groups is 2. The van der Waals surface area contributed by atoms with Crippen LogP contribution in [0.4, 0.5) is 5.69 Å². The number of nitrogens with one attached hydrogen (secondary N) is 1. The van der Waals surface area contributed by atoms with E-state index in [1.165, 1.54) is 0 Å². The molecule has 0 saturated carbocycles. The van der Waals surface area contributed by atoms with Crippen molar-refractivity contribution in [3.63, 3.8) is 0 Å². The van der Waals surface area contributed by atoms with Crippen LogP contribution in [0, 0.1) is 0 Å². The number of carboxylic acids is 1. The average molecular weight is 343 g/mol. The normalized spacial score (nSPS) is 10.2. The molecule has 0 fully saturated rings. The molecule has 25 heavy (non-hydrogen) atoms. The van der Waals surface area contributed by atoms with Crippen molar-refractivity contribution in [2.45, 2.75) is 19.3 Å². The zero-order valence-electron chi connectivity index (χ0n) is 14.2. The number of benzene rings is 2. The fourth-order valence-electron chi connectivity index (χ4n) is 2.43. The highest BCUT2D eigenvalue weighted by Crippen LogP contribution is 2.23. The minimum Gasteiger partial charge on any atom is -0.497 e. The lowest BCUT2D eigenvalue weighted by molar-refractivity contribution is -0.136. The van der Waals surface area contributed by atoms with Crippen molar-refractivity contribution in [2.24, 2.45) is 0 Å². The summed E-state index contributed by atoms with van der Waals surface area (Å²) in [7, 11) is 3.16. The summed E-state index contributed by atoms with van der Waals surface area (Å²) in [5.41, 5.74) is 2.17. The van der Waals surface area contributed by atoms with E-state index >= 15 is 0 Å². The first kappa shape index (κ1) is 18.3. The van der Waals surface area contributed by atoms with Crippen LogP contribution in [-0.4, -0.2) is 31.2 Å². The van der Waals surface area contributed by atoms with E-state index in [1.54, 1.807) is 44.6 Å². The van der Waals surface area contributed by atoms with Gasteiger partial charge in [0.2, 0.25) is 5.91 Å². The molecule has 0 saturated heterocycles. The molecule has 0 aliphatic heterocycles. The average Bonchev–Trinajstić information content (AvgIpc) is 2.59. The lowest BCUT2D eigenvalue weighted by Gasteiger charge is -2.09. The van der Waals surface area contributed by atoms with Crippen LogP contribution < -0.4 is 14.8 Å². The predicted octanol–water partition coefficient (Wildman–Crippen LogP) is 2.90. The van der Waals surface area contributed by atoms with Crippen molar-refractivity contribution in [3.8, 4) is 11.5 Å². The van der Waals surface area contributed by atoms with Crippen LogP contribution in [0.2, 0.25) is 0 Å². The maximum atomic E-state index is 12.1. The van der Waals surface area contributed by atoms with Crippen LogP contribution in [0.5, 0.6) is 11.5 Å². The first-order valence-electron chi connectivity index (χ1n) is 7.82. The Labute approximate surface area is 146 Å². The summed E-state index contributed by atoms with van der Waals surface area (Å²) in [6.07, 6.45) is 0.751. The largest absolute Gasteiger partial charge is 0.497 e. The number of amides is 1. The number of rotatable bonds is 8. The minimum absolute atomic E-state index is 0.0761. The van der Waals surface area contributed by atoms with Gasteiger partial charge in [0.15, 0.2) is 0 Å². The van der Waals surface area contributed by atoms with Gasteiger partial charge in [0, 0.05) is 18.2 Å². The standard InChI is InChI=1S/C19H21NO5/c1-24-16-9-14(10-17(12-16)25-2)6-7-18(21)20-15-5-3-4-13(8-15)11-19(22)23/h3-5,8-10,12H,6-7,11H2,1-2H3,(H,20,21)(H,22,23). The van der Waals surface area contributed by atoms with Crippen LogP contribution in [-0.2, 0) is 22.4 Å². The first-order chi connectivity index (χ1) is 12.0. The molecule has 0 aromatic heterocycles. The molecule has 0 atom stereocenters. The van der Waals surface area contributed by atoms with E-state index in [1.807, 2.05) is 12.1 Å². The Morgan fingerprint density at radius 3 is 2.28 bits per heavy atom.